The lowest BCUT2D eigenvalue weighted by atomic mass is 9.94. The predicted molar refractivity (Wildman–Crippen MR) is 133 cm³/mol. The lowest BCUT2D eigenvalue weighted by Crippen LogP contribution is -2.38. The zero-order valence-corrected chi connectivity index (χ0v) is 20.2. The van der Waals surface area contributed by atoms with E-state index in [1.54, 1.807) is 12.1 Å². The van der Waals surface area contributed by atoms with E-state index in [1.807, 2.05) is 42.5 Å². The molecule has 2 amide bonds. The zero-order valence-electron chi connectivity index (χ0n) is 20.2. The molecule has 7 nitrogen and oxygen atoms in total. The number of allylic oxidation sites excluding steroid dienone is 2. The van der Waals surface area contributed by atoms with Gasteiger partial charge in [-0.3, -0.25) is 14.4 Å². The lowest BCUT2D eigenvalue weighted by Gasteiger charge is -2.23. The van der Waals surface area contributed by atoms with E-state index in [2.05, 4.69) is 10.6 Å². The fourth-order valence-electron chi connectivity index (χ4n) is 4.13. The number of nitrogens with one attached hydrogen (secondary N) is 2. The van der Waals surface area contributed by atoms with Crippen molar-refractivity contribution in [2.24, 2.45) is 11.8 Å². The zero-order chi connectivity index (χ0) is 25.8. The van der Waals surface area contributed by atoms with Crippen LogP contribution in [0.1, 0.15) is 42.9 Å². The summed E-state index contributed by atoms with van der Waals surface area (Å²) in [5, 5.41) is 14.4. The molecule has 8 heteroatoms. The Kier molecular flexibility index (Phi) is 10.6. The maximum Gasteiger partial charge on any atom is 0.309 e. The summed E-state index contributed by atoms with van der Waals surface area (Å²) < 4.78 is 19.3. The third-order valence-corrected chi connectivity index (χ3v) is 6.13. The van der Waals surface area contributed by atoms with Crippen LogP contribution in [0.3, 0.4) is 0 Å². The highest BCUT2D eigenvalue weighted by Gasteiger charge is 2.27. The molecule has 1 aliphatic heterocycles. The number of aliphatic hydroxyl groups is 1. The number of carbonyl (C=O) groups excluding carboxylic acids is 3. The number of cyclic esters (lactones) is 1. The summed E-state index contributed by atoms with van der Waals surface area (Å²) in [6.07, 6.45) is 4.94. The minimum absolute atomic E-state index is 0.0147. The monoisotopic (exact) mass is 496 g/mol. The third kappa shape index (κ3) is 8.61. The molecule has 3 atom stereocenters. The molecule has 2 aromatic rings. The van der Waals surface area contributed by atoms with E-state index in [4.69, 9.17) is 9.84 Å². The highest BCUT2D eigenvalue weighted by molar-refractivity contribution is 5.86. The van der Waals surface area contributed by atoms with Crippen LogP contribution >= 0.6 is 0 Å². The van der Waals surface area contributed by atoms with Crippen molar-refractivity contribution in [2.45, 2.75) is 38.2 Å². The second kappa shape index (κ2) is 14.1. The van der Waals surface area contributed by atoms with E-state index < -0.39 is 17.9 Å². The lowest BCUT2D eigenvalue weighted by molar-refractivity contribution is -0.155. The second-order valence-corrected chi connectivity index (χ2v) is 8.87. The van der Waals surface area contributed by atoms with Gasteiger partial charge < -0.3 is 20.5 Å². The van der Waals surface area contributed by atoms with Gasteiger partial charge in [0.2, 0.25) is 11.8 Å². The summed E-state index contributed by atoms with van der Waals surface area (Å²) in [5.41, 5.74) is 1.59. The number of benzene rings is 2. The normalized spacial score (nSPS) is 22.2. The van der Waals surface area contributed by atoms with Crippen molar-refractivity contribution in [1.82, 2.24) is 10.6 Å². The van der Waals surface area contributed by atoms with Gasteiger partial charge in [-0.25, -0.2) is 4.39 Å². The van der Waals surface area contributed by atoms with Gasteiger partial charge in [-0.05, 0) is 48.9 Å². The smallest absolute Gasteiger partial charge is 0.309 e. The molecule has 0 saturated carbocycles. The van der Waals surface area contributed by atoms with Crippen molar-refractivity contribution in [1.29, 1.82) is 0 Å². The molecule has 2 aromatic carbocycles. The standard InChI is InChI=1S/C28H33FN2O5/c29-24-13-11-20(12-14-24)17-23-10-6-2-5-9-22(18-26(33)30-15-16-32)27(34)31-19-25(36-28(23)35)21-7-3-1-4-8-21/h1-5,7-8,11-14,22-23,25,32H,6,9-10,15-19H2,(H,30,33)(H,31,34)/b5-2+/t22-,23+,25-/m1/s1. The molecular weight excluding hydrogens is 463 g/mol. The molecule has 0 fully saturated rings. The molecule has 0 spiro atoms. The van der Waals surface area contributed by atoms with Crippen LogP contribution in [0.5, 0.6) is 0 Å². The average Bonchev–Trinajstić information content (AvgIpc) is 2.90. The first-order valence-electron chi connectivity index (χ1n) is 12.3. The van der Waals surface area contributed by atoms with Gasteiger partial charge in [-0.15, -0.1) is 0 Å². The number of amides is 2. The Balaban J connectivity index is 1.80. The van der Waals surface area contributed by atoms with E-state index in [0.29, 0.717) is 25.7 Å². The van der Waals surface area contributed by atoms with Gasteiger partial charge in [0, 0.05) is 13.0 Å². The number of hydrogen-bond donors (Lipinski definition) is 3. The summed E-state index contributed by atoms with van der Waals surface area (Å²) in [7, 11) is 0. The summed E-state index contributed by atoms with van der Waals surface area (Å²) in [6, 6.07) is 15.3. The second-order valence-electron chi connectivity index (χ2n) is 8.87. The quantitative estimate of drug-likeness (QED) is 0.403. The van der Waals surface area contributed by atoms with E-state index in [-0.39, 0.29) is 49.7 Å². The van der Waals surface area contributed by atoms with Gasteiger partial charge in [-0.2, -0.15) is 0 Å². The van der Waals surface area contributed by atoms with Gasteiger partial charge in [-0.1, -0.05) is 54.6 Å². The molecule has 1 heterocycles. The van der Waals surface area contributed by atoms with Crippen LogP contribution in [-0.4, -0.2) is 42.6 Å². The van der Waals surface area contributed by atoms with Gasteiger partial charge >= 0.3 is 5.97 Å². The van der Waals surface area contributed by atoms with E-state index in [9.17, 15) is 18.8 Å². The van der Waals surface area contributed by atoms with Crippen LogP contribution in [0, 0.1) is 17.7 Å². The predicted octanol–water partition coefficient (Wildman–Crippen LogP) is 3.24. The first kappa shape index (κ1) is 27.1. The van der Waals surface area contributed by atoms with Crippen LogP contribution < -0.4 is 10.6 Å². The number of ether oxygens (including phenoxy) is 1. The largest absolute Gasteiger partial charge is 0.455 e. The van der Waals surface area contributed by atoms with Gasteiger partial charge in [0.25, 0.3) is 0 Å². The van der Waals surface area contributed by atoms with Crippen LogP contribution in [-0.2, 0) is 25.5 Å². The molecule has 3 N–H and O–H groups in total. The molecule has 0 saturated heterocycles. The highest BCUT2D eigenvalue weighted by Crippen LogP contribution is 2.24. The number of aliphatic hydroxyl groups excluding tert-OH is 1. The number of halogens is 1. The highest BCUT2D eigenvalue weighted by atomic mass is 19.1. The van der Waals surface area contributed by atoms with E-state index >= 15 is 0 Å². The summed E-state index contributed by atoms with van der Waals surface area (Å²) >= 11 is 0. The molecule has 192 valence electrons. The molecule has 36 heavy (non-hydrogen) atoms. The first-order chi connectivity index (χ1) is 17.5. The van der Waals surface area contributed by atoms with Crippen molar-refractivity contribution in [2.75, 3.05) is 19.7 Å². The van der Waals surface area contributed by atoms with Crippen LogP contribution in [0.4, 0.5) is 4.39 Å². The molecule has 0 radical (unpaired) electrons. The summed E-state index contributed by atoms with van der Waals surface area (Å²) in [4.78, 5) is 38.4. The number of carbonyl (C=O) groups is 3. The molecule has 3 rings (SSSR count). The molecular formula is C28H33FN2O5. The minimum Gasteiger partial charge on any atom is -0.455 e. The van der Waals surface area contributed by atoms with E-state index in [0.717, 1.165) is 11.1 Å². The average molecular weight is 497 g/mol. The Hall–Kier alpha value is -3.52. The molecule has 0 unspecified atom stereocenters. The van der Waals surface area contributed by atoms with Crippen molar-refractivity contribution >= 4 is 17.8 Å². The number of hydrogen-bond acceptors (Lipinski definition) is 5. The van der Waals surface area contributed by atoms with Gasteiger partial charge in [0.05, 0.1) is 25.0 Å². The summed E-state index contributed by atoms with van der Waals surface area (Å²) in [5.74, 6) is -2.37. The molecule has 0 bridgehead atoms. The van der Waals surface area contributed by atoms with Gasteiger partial charge in [0.1, 0.15) is 11.9 Å². The fraction of sp³-hybridized carbons (Fsp3) is 0.393. The Labute approximate surface area is 210 Å². The molecule has 1 aliphatic rings. The Morgan fingerprint density at radius 1 is 1.06 bits per heavy atom. The maximum atomic E-state index is 13.4. The SMILES string of the molecule is O=C(C[C@H]1C/C=C/CC[C@@H](Cc2ccc(F)cc2)C(=O)O[C@@H](c2ccccc2)CNC1=O)NCCO. The van der Waals surface area contributed by atoms with Crippen molar-refractivity contribution < 1.29 is 28.6 Å². The van der Waals surface area contributed by atoms with Crippen LogP contribution in [0.15, 0.2) is 66.7 Å². The van der Waals surface area contributed by atoms with Crippen LogP contribution in [0.2, 0.25) is 0 Å². The minimum atomic E-state index is -0.698. The fourth-order valence-corrected chi connectivity index (χ4v) is 4.13. The van der Waals surface area contributed by atoms with Crippen LogP contribution in [0.25, 0.3) is 0 Å². The van der Waals surface area contributed by atoms with Crippen molar-refractivity contribution in [3.05, 3.63) is 83.7 Å². The molecule has 0 aliphatic carbocycles. The third-order valence-electron chi connectivity index (χ3n) is 6.13. The van der Waals surface area contributed by atoms with Gasteiger partial charge in [0.15, 0.2) is 0 Å². The first-order valence-corrected chi connectivity index (χ1v) is 12.3. The topological polar surface area (TPSA) is 105 Å². The Bertz CT molecular complexity index is 1030. The Morgan fingerprint density at radius 3 is 2.53 bits per heavy atom. The summed E-state index contributed by atoms with van der Waals surface area (Å²) in [6.45, 7) is 0.0204. The Morgan fingerprint density at radius 2 is 1.81 bits per heavy atom. The number of esters is 1. The van der Waals surface area contributed by atoms with Crippen molar-refractivity contribution in [3.8, 4) is 0 Å². The number of rotatable bonds is 7. The van der Waals surface area contributed by atoms with Crippen molar-refractivity contribution in [3.63, 3.8) is 0 Å². The maximum absolute atomic E-state index is 13.4. The molecule has 0 aromatic heterocycles. The van der Waals surface area contributed by atoms with E-state index in [1.165, 1.54) is 12.1 Å².